The van der Waals surface area contributed by atoms with Gasteiger partial charge in [0.15, 0.2) is 11.5 Å². The van der Waals surface area contributed by atoms with Gasteiger partial charge in [0.2, 0.25) is 5.75 Å². The van der Waals surface area contributed by atoms with Crippen LogP contribution in [0.4, 0.5) is 0 Å². The van der Waals surface area contributed by atoms with Gasteiger partial charge in [0.05, 0.1) is 19.8 Å². The summed E-state index contributed by atoms with van der Waals surface area (Å²) >= 11 is 0. The summed E-state index contributed by atoms with van der Waals surface area (Å²) in [5, 5.41) is 8.83. The second-order valence-electron chi connectivity index (χ2n) is 4.52. The lowest BCUT2D eigenvalue weighted by Gasteiger charge is -2.14. The Balaban J connectivity index is 1.89. The smallest absolute Gasteiger partial charge is 0.335 e. The molecule has 0 radical (unpaired) electrons. The average Bonchev–Trinajstić information content (AvgIpc) is 2.58. The van der Waals surface area contributed by atoms with Crippen molar-refractivity contribution in [3.63, 3.8) is 0 Å². The molecule has 23 heavy (non-hydrogen) atoms. The standard InChI is InChI=1S/C17H18O6/c1-20-14-4-3-5-15(21-2)16(14)23-11-10-22-13-8-6-12(7-9-13)17(18)19/h3-9H,10-11H2,1-2H3,(H,18,19). The summed E-state index contributed by atoms with van der Waals surface area (Å²) in [4.78, 5) is 10.8. The van der Waals surface area contributed by atoms with Crippen molar-refractivity contribution in [1.82, 2.24) is 0 Å². The number of aromatic carboxylic acids is 1. The molecule has 0 aromatic heterocycles. The molecular weight excluding hydrogens is 300 g/mol. The van der Waals surface area contributed by atoms with Crippen LogP contribution in [0.2, 0.25) is 0 Å². The van der Waals surface area contributed by atoms with Crippen LogP contribution >= 0.6 is 0 Å². The zero-order chi connectivity index (χ0) is 16.7. The van der Waals surface area contributed by atoms with Crippen LogP contribution in [0.25, 0.3) is 0 Å². The topological polar surface area (TPSA) is 74.2 Å². The minimum Gasteiger partial charge on any atom is -0.493 e. The molecule has 0 bridgehead atoms. The summed E-state index contributed by atoms with van der Waals surface area (Å²) in [7, 11) is 3.12. The Hall–Kier alpha value is -2.89. The van der Waals surface area contributed by atoms with E-state index in [1.165, 1.54) is 12.1 Å². The van der Waals surface area contributed by atoms with Crippen molar-refractivity contribution in [1.29, 1.82) is 0 Å². The summed E-state index contributed by atoms with van der Waals surface area (Å²) in [6, 6.07) is 11.6. The van der Waals surface area contributed by atoms with Crippen LogP contribution in [0, 0.1) is 0 Å². The number of rotatable bonds is 8. The Morgan fingerprint density at radius 3 is 2.00 bits per heavy atom. The first-order valence-electron chi connectivity index (χ1n) is 6.95. The van der Waals surface area contributed by atoms with Crippen molar-refractivity contribution in [2.24, 2.45) is 0 Å². The maximum Gasteiger partial charge on any atom is 0.335 e. The predicted octanol–water partition coefficient (Wildman–Crippen LogP) is 2.86. The highest BCUT2D eigenvalue weighted by Gasteiger charge is 2.11. The van der Waals surface area contributed by atoms with E-state index in [0.29, 0.717) is 29.6 Å². The quantitative estimate of drug-likeness (QED) is 0.754. The van der Waals surface area contributed by atoms with Gasteiger partial charge in [-0.3, -0.25) is 0 Å². The summed E-state index contributed by atoms with van der Waals surface area (Å²) in [5.41, 5.74) is 0.215. The van der Waals surface area contributed by atoms with Gasteiger partial charge in [-0.1, -0.05) is 6.07 Å². The molecule has 0 heterocycles. The van der Waals surface area contributed by atoms with Gasteiger partial charge in [-0.25, -0.2) is 4.79 Å². The van der Waals surface area contributed by atoms with Crippen molar-refractivity contribution >= 4 is 5.97 Å². The first-order valence-corrected chi connectivity index (χ1v) is 6.95. The lowest BCUT2D eigenvalue weighted by atomic mass is 10.2. The number of benzene rings is 2. The zero-order valence-corrected chi connectivity index (χ0v) is 12.9. The second kappa shape index (κ2) is 7.93. The Labute approximate surface area is 134 Å². The van der Waals surface area contributed by atoms with Crippen LogP contribution in [0.1, 0.15) is 10.4 Å². The van der Waals surface area contributed by atoms with E-state index in [2.05, 4.69) is 0 Å². The molecule has 0 unspecified atom stereocenters. The van der Waals surface area contributed by atoms with E-state index >= 15 is 0 Å². The molecule has 2 aromatic carbocycles. The van der Waals surface area contributed by atoms with Crippen LogP contribution in [-0.4, -0.2) is 38.5 Å². The highest BCUT2D eigenvalue weighted by Crippen LogP contribution is 2.36. The fraction of sp³-hybridized carbons (Fsp3) is 0.235. The van der Waals surface area contributed by atoms with Crippen LogP contribution in [0.3, 0.4) is 0 Å². The Kier molecular flexibility index (Phi) is 5.68. The van der Waals surface area contributed by atoms with Gasteiger partial charge in [-0.2, -0.15) is 0 Å². The third-order valence-corrected chi connectivity index (χ3v) is 3.08. The molecule has 122 valence electrons. The summed E-state index contributed by atoms with van der Waals surface area (Å²) < 4.78 is 21.6. The Morgan fingerprint density at radius 2 is 1.48 bits per heavy atom. The third kappa shape index (κ3) is 4.29. The molecule has 6 nitrogen and oxygen atoms in total. The molecule has 0 atom stereocenters. The summed E-state index contributed by atoms with van der Waals surface area (Å²) in [6.45, 7) is 0.588. The predicted molar refractivity (Wildman–Crippen MR) is 83.9 cm³/mol. The lowest BCUT2D eigenvalue weighted by molar-refractivity contribution is 0.0697. The minimum absolute atomic E-state index is 0.215. The van der Waals surface area contributed by atoms with Crippen molar-refractivity contribution in [2.75, 3.05) is 27.4 Å². The summed E-state index contributed by atoms with van der Waals surface area (Å²) in [6.07, 6.45) is 0. The molecule has 0 aliphatic rings. The molecule has 0 saturated heterocycles. The monoisotopic (exact) mass is 318 g/mol. The van der Waals surface area contributed by atoms with Crippen LogP contribution in [0.15, 0.2) is 42.5 Å². The van der Waals surface area contributed by atoms with Gasteiger partial charge in [-0.05, 0) is 36.4 Å². The maximum absolute atomic E-state index is 10.8. The molecule has 0 fully saturated rings. The lowest BCUT2D eigenvalue weighted by Crippen LogP contribution is -2.10. The van der Waals surface area contributed by atoms with Gasteiger partial charge in [0.25, 0.3) is 0 Å². The average molecular weight is 318 g/mol. The molecule has 2 rings (SSSR count). The second-order valence-corrected chi connectivity index (χ2v) is 4.52. The van der Waals surface area contributed by atoms with Crippen molar-refractivity contribution in [2.45, 2.75) is 0 Å². The fourth-order valence-corrected chi connectivity index (χ4v) is 1.96. The number of carboxylic acids is 1. The minimum atomic E-state index is -0.969. The van der Waals surface area contributed by atoms with Gasteiger partial charge in [-0.15, -0.1) is 0 Å². The van der Waals surface area contributed by atoms with E-state index in [-0.39, 0.29) is 12.2 Å². The van der Waals surface area contributed by atoms with E-state index in [1.54, 1.807) is 38.5 Å². The highest BCUT2D eigenvalue weighted by atomic mass is 16.6. The summed E-state index contributed by atoms with van der Waals surface area (Å²) in [5.74, 6) is 1.28. The Morgan fingerprint density at radius 1 is 0.913 bits per heavy atom. The molecule has 0 spiro atoms. The molecule has 1 N–H and O–H groups in total. The number of para-hydroxylation sites is 1. The molecule has 6 heteroatoms. The zero-order valence-electron chi connectivity index (χ0n) is 12.9. The van der Waals surface area contributed by atoms with Gasteiger partial charge in [0, 0.05) is 0 Å². The number of carboxylic acid groups (broad SMARTS) is 1. The van der Waals surface area contributed by atoms with E-state index in [4.69, 9.17) is 24.1 Å². The van der Waals surface area contributed by atoms with E-state index in [9.17, 15) is 4.79 Å². The van der Waals surface area contributed by atoms with Gasteiger partial charge in [0.1, 0.15) is 19.0 Å². The Bertz CT molecular complexity index is 628. The molecule has 0 aliphatic carbocycles. The van der Waals surface area contributed by atoms with Crippen molar-refractivity contribution in [3.05, 3.63) is 48.0 Å². The van der Waals surface area contributed by atoms with Crippen LogP contribution < -0.4 is 18.9 Å². The highest BCUT2D eigenvalue weighted by molar-refractivity contribution is 5.87. The molecular formula is C17H18O6. The van der Waals surface area contributed by atoms with Gasteiger partial charge >= 0.3 is 5.97 Å². The largest absolute Gasteiger partial charge is 0.493 e. The SMILES string of the molecule is COc1cccc(OC)c1OCCOc1ccc(C(=O)O)cc1. The number of carbonyl (C=O) groups is 1. The third-order valence-electron chi connectivity index (χ3n) is 3.08. The first-order chi connectivity index (χ1) is 11.2. The van der Waals surface area contributed by atoms with Crippen LogP contribution in [-0.2, 0) is 0 Å². The number of ether oxygens (including phenoxy) is 4. The molecule has 0 amide bonds. The normalized spacial score (nSPS) is 10.0. The van der Waals surface area contributed by atoms with E-state index < -0.39 is 5.97 Å². The van der Waals surface area contributed by atoms with E-state index in [1.807, 2.05) is 6.07 Å². The number of hydrogen-bond acceptors (Lipinski definition) is 5. The maximum atomic E-state index is 10.8. The molecule has 2 aromatic rings. The van der Waals surface area contributed by atoms with E-state index in [0.717, 1.165) is 0 Å². The molecule has 0 saturated carbocycles. The van der Waals surface area contributed by atoms with Gasteiger partial charge < -0.3 is 24.1 Å². The van der Waals surface area contributed by atoms with Crippen molar-refractivity contribution in [3.8, 4) is 23.0 Å². The first kappa shape index (κ1) is 16.5. The number of hydrogen-bond donors (Lipinski definition) is 1. The fourth-order valence-electron chi connectivity index (χ4n) is 1.96. The van der Waals surface area contributed by atoms with Crippen molar-refractivity contribution < 1.29 is 28.8 Å². The van der Waals surface area contributed by atoms with Crippen LogP contribution in [0.5, 0.6) is 23.0 Å². The molecule has 0 aliphatic heterocycles. The number of methoxy groups -OCH3 is 2.